The summed E-state index contributed by atoms with van der Waals surface area (Å²) in [6.07, 6.45) is 0. The third kappa shape index (κ3) is 2.76. The molecular formula is C9H13N5S2. The lowest BCUT2D eigenvalue weighted by molar-refractivity contribution is 0.316. The molecule has 5 nitrogen and oxygen atoms in total. The molecule has 0 bridgehead atoms. The van der Waals surface area contributed by atoms with Crippen LogP contribution in [0.2, 0.25) is 0 Å². The Bertz CT molecular complexity index is 425. The van der Waals surface area contributed by atoms with Gasteiger partial charge < -0.3 is 5.43 Å². The topological polar surface area (TPSA) is 67.1 Å². The van der Waals surface area contributed by atoms with E-state index in [-0.39, 0.29) is 0 Å². The van der Waals surface area contributed by atoms with Crippen molar-refractivity contribution < 1.29 is 0 Å². The van der Waals surface area contributed by atoms with Gasteiger partial charge in [0.15, 0.2) is 0 Å². The number of hydrogen-bond donors (Lipinski definition) is 2. The van der Waals surface area contributed by atoms with Crippen molar-refractivity contribution in [3.8, 4) is 0 Å². The highest BCUT2D eigenvalue weighted by Crippen LogP contribution is 2.18. The van der Waals surface area contributed by atoms with Gasteiger partial charge in [-0.25, -0.2) is 5.84 Å². The Morgan fingerprint density at radius 3 is 3.06 bits per heavy atom. The molecule has 0 unspecified atom stereocenters. The van der Waals surface area contributed by atoms with Gasteiger partial charge in [-0.15, -0.1) is 5.10 Å². The van der Waals surface area contributed by atoms with Gasteiger partial charge in [-0.05, 0) is 29.4 Å². The van der Waals surface area contributed by atoms with Crippen LogP contribution in [0.3, 0.4) is 0 Å². The number of anilines is 1. The zero-order valence-corrected chi connectivity index (χ0v) is 10.5. The van der Waals surface area contributed by atoms with Crippen LogP contribution < -0.4 is 11.3 Å². The van der Waals surface area contributed by atoms with Crippen LogP contribution in [0.4, 0.5) is 5.00 Å². The number of nitrogens with zero attached hydrogens (tertiary/aromatic N) is 3. The summed E-state index contributed by atoms with van der Waals surface area (Å²) in [7, 11) is 2.05. The van der Waals surface area contributed by atoms with Crippen LogP contribution in [-0.2, 0) is 13.1 Å². The van der Waals surface area contributed by atoms with Gasteiger partial charge in [-0.3, -0.25) is 4.90 Å². The lowest BCUT2D eigenvalue weighted by Crippen LogP contribution is -2.18. The Balaban J connectivity index is 1.94. The Morgan fingerprint density at radius 1 is 1.50 bits per heavy atom. The monoisotopic (exact) mass is 255 g/mol. The molecule has 0 atom stereocenters. The minimum Gasteiger partial charge on any atom is -0.313 e. The average Bonchev–Trinajstić information content (AvgIpc) is 2.88. The molecule has 0 aliphatic carbocycles. The second-order valence-corrected chi connectivity index (χ2v) is 5.03. The Hall–Kier alpha value is -1.02. The molecule has 0 radical (unpaired) electrons. The van der Waals surface area contributed by atoms with E-state index in [0.29, 0.717) is 0 Å². The van der Waals surface area contributed by atoms with Gasteiger partial charge >= 0.3 is 0 Å². The molecule has 7 heteroatoms. The van der Waals surface area contributed by atoms with E-state index in [1.54, 1.807) is 11.3 Å². The van der Waals surface area contributed by atoms with E-state index >= 15 is 0 Å². The molecule has 0 fully saturated rings. The van der Waals surface area contributed by atoms with Crippen molar-refractivity contribution in [1.29, 1.82) is 0 Å². The van der Waals surface area contributed by atoms with Crippen molar-refractivity contribution in [1.82, 2.24) is 14.5 Å². The Morgan fingerprint density at radius 2 is 2.38 bits per heavy atom. The van der Waals surface area contributed by atoms with Crippen LogP contribution in [0.5, 0.6) is 0 Å². The first-order chi connectivity index (χ1) is 7.79. The van der Waals surface area contributed by atoms with Crippen molar-refractivity contribution in [3.05, 3.63) is 28.1 Å². The van der Waals surface area contributed by atoms with E-state index in [1.165, 1.54) is 17.1 Å². The highest BCUT2D eigenvalue weighted by Gasteiger charge is 2.09. The van der Waals surface area contributed by atoms with E-state index in [2.05, 4.69) is 43.8 Å². The number of hydrazine groups is 1. The molecule has 0 spiro atoms. The first-order valence-corrected chi connectivity index (χ1v) is 6.48. The molecule has 16 heavy (non-hydrogen) atoms. The Kier molecular flexibility index (Phi) is 3.83. The zero-order valence-electron chi connectivity index (χ0n) is 8.88. The SMILES string of the molecule is CN(Cc1ccsc1)Cc1nnsc1NN. The van der Waals surface area contributed by atoms with Crippen LogP contribution >= 0.6 is 22.9 Å². The molecule has 0 aromatic carbocycles. The fraction of sp³-hybridized carbons (Fsp3) is 0.333. The van der Waals surface area contributed by atoms with E-state index in [0.717, 1.165) is 23.8 Å². The van der Waals surface area contributed by atoms with Gasteiger partial charge in [-0.1, -0.05) is 4.49 Å². The third-order valence-electron chi connectivity index (χ3n) is 2.14. The van der Waals surface area contributed by atoms with Crippen molar-refractivity contribution in [3.63, 3.8) is 0 Å². The molecule has 2 aromatic rings. The summed E-state index contributed by atoms with van der Waals surface area (Å²) in [5, 5.41) is 9.11. The van der Waals surface area contributed by atoms with E-state index < -0.39 is 0 Å². The number of nitrogens with one attached hydrogen (secondary N) is 1. The maximum atomic E-state index is 5.37. The molecule has 0 saturated heterocycles. The summed E-state index contributed by atoms with van der Waals surface area (Å²) in [5.41, 5.74) is 4.82. The molecule has 2 heterocycles. The normalized spacial score (nSPS) is 10.9. The average molecular weight is 255 g/mol. The highest BCUT2D eigenvalue weighted by molar-refractivity contribution is 7.10. The summed E-state index contributed by atoms with van der Waals surface area (Å²) in [5.74, 6) is 5.37. The van der Waals surface area contributed by atoms with E-state index in [4.69, 9.17) is 5.84 Å². The van der Waals surface area contributed by atoms with Crippen LogP contribution in [0, 0.1) is 0 Å². The van der Waals surface area contributed by atoms with Crippen molar-refractivity contribution in [2.24, 2.45) is 5.84 Å². The molecule has 0 amide bonds. The van der Waals surface area contributed by atoms with Gasteiger partial charge in [0, 0.05) is 24.6 Å². The largest absolute Gasteiger partial charge is 0.313 e. The zero-order chi connectivity index (χ0) is 11.4. The summed E-state index contributed by atoms with van der Waals surface area (Å²) >= 11 is 2.99. The number of rotatable bonds is 5. The first-order valence-electron chi connectivity index (χ1n) is 4.77. The molecular weight excluding hydrogens is 242 g/mol. The Labute approximate surface area is 102 Å². The smallest absolute Gasteiger partial charge is 0.148 e. The summed E-state index contributed by atoms with van der Waals surface area (Å²) < 4.78 is 3.87. The maximum Gasteiger partial charge on any atom is 0.148 e. The van der Waals surface area contributed by atoms with Crippen LogP contribution in [0.25, 0.3) is 0 Å². The third-order valence-corrected chi connectivity index (χ3v) is 3.57. The predicted molar refractivity (Wildman–Crippen MR) is 67.2 cm³/mol. The van der Waals surface area contributed by atoms with Crippen LogP contribution in [0.1, 0.15) is 11.3 Å². The molecule has 86 valence electrons. The molecule has 0 aliphatic rings. The fourth-order valence-corrected chi connectivity index (χ4v) is 2.57. The molecule has 0 saturated carbocycles. The number of aromatic nitrogens is 2. The lowest BCUT2D eigenvalue weighted by atomic mass is 10.3. The fourth-order valence-electron chi connectivity index (χ4n) is 1.43. The summed E-state index contributed by atoms with van der Waals surface area (Å²) in [4.78, 5) is 2.18. The second kappa shape index (κ2) is 5.35. The number of thiophene rings is 1. The van der Waals surface area contributed by atoms with Crippen molar-refractivity contribution in [2.75, 3.05) is 12.5 Å². The van der Waals surface area contributed by atoms with Gasteiger partial charge in [0.2, 0.25) is 0 Å². The van der Waals surface area contributed by atoms with Gasteiger partial charge in [0.1, 0.15) is 10.7 Å². The van der Waals surface area contributed by atoms with E-state index in [1.807, 2.05) is 0 Å². The number of hydrogen-bond acceptors (Lipinski definition) is 7. The predicted octanol–water partition coefficient (Wildman–Crippen LogP) is 1.52. The van der Waals surface area contributed by atoms with Crippen molar-refractivity contribution >= 4 is 27.9 Å². The van der Waals surface area contributed by atoms with Gasteiger partial charge in [0.05, 0.1) is 0 Å². The van der Waals surface area contributed by atoms with Crippen LogP contribution in [0.15, 0.2) is 16.8 Å². The molecule has 2 rings (SSSR count). The maximum absolute atomic E-state index is 5.37. The van der Waals surface area contributed by atoms with Gasteiger partial charge in [-0.2, -0.15) is 11.3 Å². The van der Waals surface area contributed by atoms with Gasteiger partial charge in [0.25, 0.3) is 0 Å². The second-order valence-electron chi connectivity index (χ2n) is 3.50. The molecule has 2 aromatic heterocycles. The minimum absolute atomic E-state index is 0.742. The molecule has 0 aliphatic heterocycles. The van der Waals surface area contributed by atoms with Crippen molar-refractivity contribution in [2.45, 2.75) is 13.1 Å². The summed E-state index contributed by atoms with van der Waals surface area (Å²) in [6.45, 7) is 1.65. The molecule has 3 N–H and O–H groups in total. The van der Waals surface area contributed by atoms with Crippen LogP contribution in [-0.4, -0.2) is 21.5 Å². The lowest BCUT2D eigenvalue weighted by Gasteiger charge is -2.14. The standard InChI is InChI=1S/C9H13N5S2/c1-14(4-7-2-3-15-6-7)5-8-9(11-10)16-13-12-8/h2-3,6,11H,4-5,10H2,1H3. The number of nitrogens with two attached hydrogens (primary N) is 1. The number of nitrogen functional groups attached to an aromatic ring is 1. The quantitative estimate of drug-likeness (QED) is 0.626. The highest BCUT2D eigenvalue weighted by atomic mass is 32.1. The summed E-state index contributed by atoms with van der Waals surface area (Å²) in [6, 6.07) is 2.13. The van der Waals surface area contributed by atoms with E-state index in [9.17, 15) is 0 Å². The minimum atomic E-state index is 0.742. The first kappa shape index (κ1) is 11.5.